The van der Waals surface area contributed by atoms with E-state index in [0.29, 0.717) is 24.4 Å². The zero-order valence-electron chi connectivity index (χ0n) is 14.0. The summed E-state index contributed by atoms with van der Waals surface area (Å²) in [5.74, 6) is 1.13. The number of halogens is 1. The summed E-state index contributed by atoms with van der Waals surface area (Å²) >= 11 is 5.60. The second kappa shape index (κ2) is 9.49. The maximum absolute atomic E-state index is 12.1. The molecule has 1 aliphatic rings. The first-order valence-electron chi connectivity index (χ1n) is 8.12. The second-order valence-electron chi connectivity index (χ2n) is 5.65. The molecular formula is C17H24ClN3O3. The smallest absolute Gasteiger partial charge is 0.251 e. The van der Waals surface area contributed by atoms with Gasteiger partial charge in [-0.3, -0.25) is 14.5 Å². The molecule has 1 aromatic rings. The third kappa shape index (κ3) is 5.39. The fourth-order valence-corrected chi connectivity index (χ4v) is 2.79. The first kappa shape index (κ1) is 18.5. The van der Waals surface area contributed by atoms with Crippen molar-refractivity contribution in [3.63, 3.8) is 0 Å². The second-order valence-corrected chi connectivity index (χ2v) is 6.02. The number of hydrogen-bond acceptors (Lipinski definition) is 4. The van der Waals surface area contributed by atoms with Gasteiger partial charge in [0.2, 0.25) is 5.91 Å². The molecule has 6 nitrogen and oxygen atoms in total. The maximum Gasteiger partial charge on any atom is 0.251 e. The Labute approximate surface area is 147 Å². The number of amides is 2. The van der Waals surface area contributed by atoms with Crippen molar-refractivity contribution in [1.29, 1.82) is 0 Å². The lowest BCUT2D eigenvalue weighted by atomic mass is 10.2. The van der Waals surface area contributed by atoms with Crippen LogP contribution in [0.2, 0.25) is 0 Å². The largest absolute Gasteiger partial charge is 0.497 e. The summed E-state index contributed by atoms with van der Waals surface area (Å²) in [5, 5.41) is 2.92. The van der Waals surface area contributed by atoms with Crippen molar-refractivity contribution in [2.45, 2.75) is 6.42 Å². The molecule has 7 heteroatoms. The molecule has 1 N–H and O–H groups in total. The quantitative estimate of drug-likeness (QED) is 0.748. The molecule has 2 amide bonds. The van der Waals surface area contributed by atoms with E-state index in [1.807, 2.05) is 4.90 Å². The number of ether oxygens (including phenoxy) is 1. The lowest BCUT2D eigenvalue weighted by Gasteiger charge is -2.34. The molecule has 1 saturated heterocycles. The summed E-state index contributed by atoms with van der Waals surface area (Å²) in [5.41, 5.74) is 0.618. The Morgan fingerprint density at radius 2 is 1.83 bits per heavy atom. The van der Waals surface area contributed by atoms with Crippen LogP contribution in [0.5, 0.6) is 5.75 Å². The molecular weight excluding hydrogens is 330 g/mol. The van der Waals surface area contributed by atoms with Crippen LogP contribution in [-0.4, -0.2) is 73.9 Å². The molecule has 0 aromatic heterocycles. The number of piperazine rings is 1. The molecule has 1 fully saturated rings. The Kier molecular flexibility index (Phi) is 7.34. The first-order valence-corrected chi connectivity index (χ1v) is 8.66. The van der Waals surface area contributed by atoms with E-state index < -0.39 is 0 Å². The van der Waals surface area contributed by atoms with Gasteiger partial charge in [-0.05, 0) is 24.3 Å². The Bertz CT molecular complexity index is 543. The Balaban J connectivity index is 1.67. The van der Waals surface area contributed by atoms with Crippen molar-refractivity contribution in [2.75, 3.05) is 52.3 Å². The molecule has 0 atom stereocenters. The highest BCUT2D eigenvalue weighted by molar-refractivity contribution is 6.18. The Morgan fingerprint density at radius 3 is 2.42 bits per heavy atom. The van der Waals surface area contributed by atoms with Crippen LogP contribution >= 0.6 is 11.6 Å². The summed E-state index contributed by atoms with van der Waals surface area (Å²) in [6, 6.07) is 7.03. The van der Waals surface area contributed by atoms with Gasteiger partial charge in [0.15, 0.2) is 0 Å². The zero-order chi connectivity index (χ0) is 17.4. The standard InChI is InChI=1S/C17H24ClN3O3/c1-24-15-4-2-14(3-5-15)17(23)19-8-9-20-10-12-21(13-11-20)16(22)6-7-18/h2-5H,6-13H2,1H3,(H,19,23). The minimum absolute atomic E-state index is 0.0893. The number of rotatable bonds is 7. The van der Waals surface area contributed by atoms with E-state index >= 15 is 0 Å². The van der Waals surface area contributed by atoms with E-state index in [4.69, 9.17) is 16.3 Å². The van der Waals surface area contributed by atoms with Crippen molar-refractivity contribution in [3.8, 4) is 5.75 Å². The van der Waals surface area contributed by atoms with E-state index in [9.17, 15) is 9.59 Å². The number of alkyl halides is 1. The Morgan fingerprint density at radius 1 is 1.17 bits per heavy atom. The average molecular weight is 354 g/mol. The highest BCUT2D eigenvalue weighted by atomic mass is 35.5. The van der Waals surface area contributed by atoms with Crippen LogP contribution in [0.4, 0.5) is 0 Å². The van der Waals surface area contributed by atoms with Gasteiger partial charge < -0.3 is 15.0 Å². The summed E-state index contributed by atoms with van der Waals surface area (Å²) in [6.07, 6.45) is 0.402. The van der Waals surface area contributed by atoms with Crippen LogP contribution in [0.1, 0.15) is 16.8 Å². The van der Waals surface area contributed by atoms with Gasteiger partial charge in [0, 0.05) is 57.1 Å². The lowest BCUT2D eigenvalue weighted by molar-refractivity contribution is -0.132. The maximum atomic E-state index is 12.1. The van der Waals surface area contributed by atoms with Crippen LogP contribution in [0.15, 0.2) is 24.3 Å². The van der Waals surface area contributed by atoms with Crippen LogP contribution in [0.3, 0.4) is 0 Å². The number of methoxy groups -OCH3 is 1. The number of carbonyl (C=O) groups excluding carboxylic acids is 2. The van der Waals surface area contributed by atoms with Gasteiger partial charge in [-0.25, -0.2) is 0 Å². The van der Waals surface area contributed by atoms with E-state index in [1.54, 1.807) is 31.4 Å². The fraction of sp³-hybridized carbons (Fsp3) is 0.529. The van der Waals surface area contributed by atoms with Crippen LogP contribution in [0.25, 0.3) is 0 Å². The summed E-state index contributed by atoms with van der Waals surface area (Å²) < 4.78 is 5.08. The highest BCUT2D eigenvalue weighted by Gasteiger charge is 2.20. The Hall–Kier alpha value is -1.79. The zero-order valence-corrected chi connectivity index (χ0v) is 14.7. The van der Waals surface area contributed by atoms with Gasteiger partial charge in [-0.2, -0.15) is 0 Å². The molecule has 132 valence electrons. The monoisotopic (exact) mass is 353 g/mol. The number of hydrogen-bond donors (Lipinski definition) is 1. The number of benzene rings is 1. The number of nitrogens with one attached hydrogen (secondary N) is 1. The van der Waals surface area contributed by atoms with Crippen molar-refractivity contribution >= 4 is 23.4 Å². The van der Waals surface area contributed by atoms with E-state index in [2.05, 4.69) is 10.2 Å². The first-order chi connectivity index (χ1) is 11.6. The van der Waals surface area contributed by atoms with Crippen LogP contribution in [0, 0.1) is 0 Å². The van der Waals surface area contributed by atoms with Gasteiger partial charge in [0.25, 0.3) is 5.91 Å². The molecule has 1 aromatic carbocycles. The average Bonchev–Trinajstić information content (AvgIpc) is 2.62. The summed E-state index contributed by atoms with van der Waals surface area (Å²) in [4.78, 5) is 27.9. The van der Waals surface area contributed by atoms with Crippen LogP contribution in [-0.2, 0) is 4.79 Å². The minimum Gasteiger partial charge on any atom is -0.497 e. The van der Waals surface area contributed by atoms with E-state index in [-0.39, 0.29) is 11.8 Å². The van der Waals surface area contributed by atoms with Crippen molar-refractivity contribution < 1.29 is 14.3 Å². The minimum atomic E-state index is -0.0893. The van der Waals surface area contributed by atoms with Crippen LogP contribution < -0.4 is 10.1 Å². The predicted octanol–water partition coefficient (Wildman–Crippen LogP) is 1.20. The molecule has 1 aliphatic heterocycles. The SMILES string of the molecule is COc1ccc(C(=O)NCCN2CCN(C(=O)CCCl)CC2)cc1. The summed E-state index contributed by atoms with van der Waals surface area (Å²) in [6.45, 7) is 4.46. The summed E-state index contributed by atoms with van der Waals surface area (Å²) in [7, 11) is 1.60. The predicted molar refractivity (Wildman–Crippen MR) is 93.7 cm³/mol. The van der Waals surface area contributed by atoms with Gasteiger partial charge in [-0.15, -0.1) is 11.6 Å². The molecule has 0 aliphatic carbocycles. The number of carbonyl (C=O) groups is 2. The van der Waals surface area contributed by atoms with E-state index in [0.717, 1.165) is 38.5 Å². The number of nitrogens with zero attached hydrogens (tertiary/aromatic N) is 2. The van der Waals surface area contributed by atoms with E-state index in [1.165, 1.54) is 0 Å². The molecule has 0 unspecified atom stereocenters. The molecule has 0 saturated carbocycles. The van der Waals surface area contributed by atoms with Gasteiger partial charge in [-0.1, -0.05) is 0 Å². The third-order valence-corrected chi connectivity index (χ3v) is 4.29. The molecule has 0 radical (unpaired) electrons. The van der Waals surface area contributed by atoms with Gasteiger partial charge >= 0.3 is 0 Å². The molecule has 0 bridgehead atoms. The third-order valence-electron chi connectivity index (χ3n) is 4.10. The van der Waals surface area contributed by atoms with Gasteiger partial charge in [0.05, 0.1) is 7.11 Å². The normalized spacial score (nSPS) is 15.2. The lowest BCUT2D eigenvalue weighted by Crippen LogP contribution is -2.50. The fourth-order valence-electron chi connectivity index (χ4n) is 2.63. The van der Waals surface area contributed by atoms with Crippen molar-refractivity contribution in [2.24, 2.45) is 0 Å². The molecule has 2 rings (SSSR count). The molecule has 0 spiro atoms. The molecule has 24 heavy (non-hydrogen) atoms. The molecule has 1 heterocycles. The topological polar surface area (TPSA) is 61.9 Å². The highest BCUT2D eigenvalue weighted by Crippen LogP contribution is 2.11. The van der Waals surface area contributed by atoms with Gasteiger partial charge in [0.1, 0.15) is 5.75 Å². The van der Waals surface area contributed by atoms with Crippen molar-refractivity contribution in [1.82, 2.24) is 15.1 Å². The van der Waals surface area contributed by atoms with Crippen molar-refractivity contribution in [3.05, 3.63) is 29.8 Å².